The van der Waals surface area contributed by atoms with Gasteiger partial charge in [0.2, 0.25) is 0 Å². The lowest BCUT2D eigenvalue weighted by Crippen LogP contribution is -2.40. The molecule has 0 aromatic carbocycles. The number of carbonyl (C=O) groups is 1. The number of rotatable bonds is 5. The van der Waals surface area contributed by atoms with E-state index in [0.29, 0.717) is 0 Å². The highest BCUT2D eigenvalue weighted by molar-refractivity contribution is 5.97. The second-order valence-electron chi connectivity index (χ2n) is 7.89. The van der Waals surface area contributed by atoms with E-state index in [0.717, 1.165) is 32.1 Å². The van der Waals surface area contributed by atoms with Gasteiger partial charge < -0.3 is 10.6 Å². The molecule has 0 atom stereocenters. The van der Waals surface area contributed by atoms with Crippen molar-refractivity contribution >= 4 is 5.91 Å². The maximum absolute atomic E-state index is 12.1. The summed E-state index contributed by atoms with van der Waals surface area (Å²) >= 11 is 0. The first-order valence-corrected chi connectivity index (χ1v) is 7.82. The molecule has 0 bridgehead atoms. The summed E-state index contributed by atoms with van der Waals surface area (Å²) in [4.78, 5) is 12.1. The van der Waals surface area contributed by atoms with Crippen LogP contribution < -0.4 is 10.6 Å². The summed E-state index contributed by atoms with van der Waals surface area (Å²) in [5, 5.41) is 15.4. The molecule has 0 spiro atoms. The molecule has 1 fully saturated rings. The lowest BCUT2D eigenvalue weighted by molar-refractivity contribution is -0.117. The zero-order chi connectivity index (χ0) is 16.1. The van der Waals surface area contributed by atoms with E-state index in [4.69, 9.17) is 0 Å². The zero-order valence-electron chi connectivity index (χ0n) is 14.0. The first-order chi connectivity index (χ1) is 9.63. The fourth-order valence-corrected chi connectivity index (χ4v) is 3.13. The molecular formula is C17H29N3O. The van der Waals surface area contributed by atoms with E-state index in [-0.39, 0.29) is 28.5 Å². The van der Waals surface area contributed by atoms with Gasteiger partial charge in [0.25, 0.3) is 5.91 Å². The van der Waals surface area contributed by atoms with E-state index in [9.17, 15) is 10.1 Å². The van der Waals surface area contributed by atoms with Gasteiger partial charge in [0, 0.05) is 17.8 Å². The summed E-state index contributed by atoms with van der Waals surface area (Å²) in [6.07, 6.45) is 6.87. The molecule has 0 aromatic heterocycles. The van der Waals surface area contributed by atoms with E-state index < -0.39 is 0 Å². The normalized spacial score (nSPS) is 17.4. The number of hydrogen-bond donors (Lipinski definition) is 2. The van der Waals surface area contributed by atoms with Crippen molar-refractivity contribution in [1.82, 2.24) is 10.6 Å². The van der Waals surface area contributed by atoms with Crippen LogP contribution in [-0.2, 0) is 4.79 Å². The Morgan fingerprint density at radius 2 is 1.81 bits per heavy atom. The molecule has 1 rings (SSSR count). The van der Waals surface area contributed by atoms with Crippen molar-refractivity contribution < 1.29 is 4.79 Å². The van der Waals surface area contributed by atoms with Crippen molar-refractivity contribution in [2.75, 3.05) is 0 Å². The third-order valence-electron chi connectivity index (χ3n) is 3.63. The molecule has 1 saturated carbocycles. The van der Waals surface area contributed by atoms with Crippen LogP contribution in [0.4, 0.5) is 0 Å². The minimum absolute atomic E-state index is 0.156. The number of carbonyl (C=O) groups excluding carboxylic acids is 1. The SMILES string of the molecule is CC(C)(C)CC(C)(C)N/C=C(/C#N)C(=O)NC1CCCC1. The lowest BCUT2D eigenvalue weighted by atomic mass is 9.82. The van der Waals surface area contributed by atoms with Gasteiger partial charge in [0.05, 0.1) is 0 Å². The number of nitrogens with zero attached hydrogens (tertiary/aromatic N) is 1. The molecule has 4 nitrogen and oxygen atoms in total. The van der Waals surface area contributed by atoms with Crippen LogP contribution >= 0.6 is 0 Å². The highest BCUT2D eigenvalue weighted by Gasteiger charge is 2.25. The third-order valence-corrected chi connectivity index (χ3v) is 3.63. The maximum Gasteiger partial charge on any atom is 0.263 e. The van der Waals surface area contributed by atoms with Crippen LogP contribution in [0.3, 0.4) is 0 Å². The van der Waals surface area contributed by atoms with Crippen LogP contribution in [-0.4, -0.2) is 17.5 Å². The molecule has 0 unspecified atom stereocenters. The monoisotopic (exact) mass is 291 g/mol. The Kier molecular flexibility index (Phi) is 5.83. The summed E-state index contributed by atoms with van der Waals surface area (Å²) < 4.78 is 0. The molecule has 0 saturated heterocycles. The van der Waals surface area contributed by atoms with Gasteiger partial charge >= 0.3 is 0 Å². The van der Waals surface area contributed by atoms with Crippen LogP contribution in [0, 0.1) is 16.7 Å². The molecule has 0 aromatic rings. The van der Waals surface area contributed by atoms with Crippen molar-refractivity contribution in [2.45, 2.75) is 78.3 Å². The highest BCUT2D eigenvalue weighted by Crippen LogP contribution is 2.26. The van der Waals surface area contributed by atoms with Gasteiger partial charge in [0.15, 0.2) is 0 Å². The van der Waals surface area contributed by atoms with Crippen LogP contribution in [0.2, 0.25) is 0 Å². The highest BCUT2D eigenvalue weighted by atomic mass is 16.1. The van der Waals surface area contributed by atoms with Gasteiger partial charge in [-0.15, -0.1) is 0 Å². The largest absolute Gasteiger partial charge is 0.385 e. The van der Waals surface area contributed by atoms with Crippen molar-refractivity contribution in [2.24, 2.45) is 5.41 Å². The Balaban J connectivity index is 2.62. The van der Waals surface area contributed by atoms with E-state index in [1.807, 2.05) is 6.07 Å². The van der Waals surface area contributed by atoms with Gasteiger partial charge in [0.1, 0.15) is 11.6 Å². The molecule has 2 N–H and O–H groups in total. The smallest absolute Gasteiger partial charge is 0.263 e. The standard InChI is InChI=1S/C17H29N3O/c1-16(2,3)12-17(4,5)19-11-13(10-18)15(21)20-14-8-6-7-9-14/h11,14,19H,6-9,12H2,1-5H3,(H,20,21)/b13-11-. The number of amides is 1. The van der Waals surface area contributed by atoms with E-state index in [1.54, 1.807) is 6.20 Å². The minimum Gasteiger partial charge on any atom is -0.385 e. The molecule has 118 valence electrons. The average Bonchev–Trinajstić information content (AvgIpc) is 2.79. The van der Waals surface area contributed by atoms with Crippen molar-refractivity contribution in [1.29, 1.82) is 5.26 Å². The second kappa shape index (κ2) is 6.98. The summed E-state index contributed by atoms with van der Waals surface area (Å²) in [5.41, 5.74) is 0.181. The first kappa shape index (κ1) is 17.6. The molecule has 4 heteroatoms. The van der Waals surface area contributed by atoms with E-state index in [2.05, 4.69) is 45.3 Å². The number of nitriles is 1. The molecule has 1 aliphatic rings. The topological polar surface area (TPSA) is 64.9 Å². The lowest BCUT2D eigenvalue weighted by Gasteiger charge is -2.33. The Bertz CT molecular complexity index is 432. The average molecular weight is 291 g/mol. The van der Waals surface area contributed by atoms with E-state index >= 15 is 0 Å². The quantitative estimate of drug-likeness (QED) is 0.603. The second-order valence-corrected chi connectivity index (χ2v) is 7.89. The van der Waals surface area contributed by atoms with Gasteiger partial charge in [-0.2, -0.15) is 5.26 Å². The summed E-state index contributed by atoms with van der Waals surface area (Å²) in [6.45, 7) is 10.7. The molecule has 0 aliphatic heterocycles. The Hall–Kier alpha value is -1.50. The summed E-state index contributed by atoms with van der Waals surface area (Å²) in [7, 11) is 0. The van der Waals surface area contributed by atoms with Crippen molar-refractivity contribution in [3.05, 3.63) is 11.8 Å². The van der Waals surface area contributed by atoms with Crippen LogP contribution in [0.5, 0.6) is 0 Å². The van der Waals surface area contributed by atoms with Gasteiger partial charge in [-0.05, 0) is 38.5 Å². The van der Waals surface area contributed by atoms with Crippen molar-refractivity contribution in [3.63, 3.8) is 0 Å². The van der Waals surface area contributed by atoms with Crippen LogP contribution in [0.15, 0.2) is 11.8 Å². The maximum atomic E-state index is 12.1. The van der Waals surface area contributed by atoms with Gasteiger partial charge in [-0.1, -0.05) is 33.6 Å². The molecule has 0 radical (unpaired) electrons. The predicted octanol–water partition coefficient (Wildman–Crippen LogP) is 3.26. The third kappa shape index (κ3) is 6.66. The molecule has 0 heterocycles. The zero-order valence-corrected chi connectivity index (χ0v) is 14.0. The predicted molar refractivity (Wildman–Crippen MR) is 85.4 cm³/mol. The molecular weight excluding hydrogens is 262 g/mol. The molecule has 21 heavy (non-hydrogen) atoms. The number of hydrogen-bond acceptors (Lipinski definition) is 3. The Morgan fingerprint density at radius 3 is 2.29 bits per heavy atom. The molecule has 1 amide bonds. The minimum atomic E-state index is -0.261. The Morgan fingerprint density at radius 1 is 1.24 bits per heavy atom. The first-order valence-electron chi connectivity index (χ1n) is 7.82. The summed E-state index contributed by atoms with van der Waals surface area (Å²) in [6, 6.07) is 2.23. The van der Waals surface area contributed by atoms with Crippen LogP contribution in [0.1, 0.15) is 66.7 Å². The fourth-order valence-electron chi connectivity index (χ4n) is 3.13. The fraction of sp³-hybridized carbons (Fsp3) is 0.765. The van der Waals surface area contributed by atoms with E-state index in [1.165, 1.54) is 0 Å². The van der Waals surface area contributed by atoms with Gasteiger partial charge in [-0.3, -0.25) is 4.79 Å². The van der Waals surface area contributed by atoms with Crippen LogP contribution in [0.25, 0.3) is 0 Å². The Labute approximate surface area is 129 Å². The van der Waals surface area contributed by atoms with Crippen molar-refractivity contribution in [3.8, 4) is 6.07 Å². The molecule has 1 aliphatic carbocycles. The number of nitrogens with one attached hydrogen (secondary N) is 2. The van der Waals surface area contributed by atoms with Gasteiger partial charge in [-0.25, -0.2) is 0 Å². The summed E-state index contributed by atoms with van der Waals surface area (Å²) in [5.74, 6) is -0.261.